The summed E-state index contributed by atoms with van der Waals surface area (Å²) in [6.07, 6.45) is 1.29. The molecule has 1 rings (SSSR count). The fourth-order valence-corrected chi connectivity index (χ4v) is 2.66. The molecule has 1 fully saturated rings. The smallest absolute Gasteiger partial charge is 0.306 e. The molecule has 1 aliphatic rings. The molecule has 0 spiro atoms. The standard InChI is InChI=1S/C14H26N2O3/c1-5-19-14(18)7-12-6-13(15-11(4)17)9-16(8-12)10(2)3/h10,12-13H,5-9H2,1-4H3,(H,15,17). The summed E-state index contributed by atoms with van der Waals surface area (Å²) in [5, 5.41) is 2.97. The molecule has 0 radical (unpaired) electrons. The molecule has 0 aromatic carbocycles. The van der Waals surface area contributed by atoms with Gasteiger partial charge in [0, 0.05) is 38.5 Å². The van der Waals surface area contributed by atoms with Gasteiger partial charge in [0.1, 0.15) is 0 Å². The zero-order chi connectivity index (χ0) is 14.4. The highest BCUT2D eigenvalue weighted by Gasteiger charge is 2.30. The number of esters is 1. The number of hydrogen-bond donors (Lipinski definition) is 1. The van der Waals surface area contributed by atoms with Crippen LogP contribution in [-0.4, -0.2) is 48.6 Å². The van der Waals surface area contributed by atoms with Crippen LogP contribution in [0.3, 0.4) is 0 Å². The predicted octanol–water partition coefficient (Wildman–Crippen LogP) is 1.17. The molecular weight excluding hydrogens is 244 g/mol. The van der Waals surface area contributed by atoms with Gasteiger partial charge in [-0.3, -0.25) is 14.5 Å². The molecular formula is C14H26N2O3. The van der Waals surface area contributed by atoms with Gasteiger partial charge in [-0.2, -0.15) is 0 Å². The maximum Gasteiger partial charge on any atom is 0.306 e. The highest BCUT2D eigenvalue weighted by atomic mass is 16.5. The third kappa shape index (κ3) is 5.59. The Hall–Kier alpha value is -1.10. The van der Waals surface area contributed by atoms with Crippen molar-refractivity contribution >= 4 is 11.9 Å². The molecule has 0 saturated carbocycles. The average molecular weight is 270 g/mol. The van der Waals surface area contributed by atoms with Gasteiger partial charge in [0.15, 0.2) is 0 Å². The van der Waals surface area contributed by atoms with Gasteiger partial charge in [-0.15, -0.1) is 0 Å². The van der Waals surface area contributed by atoms with E-state index in [1.165, 1.54) is 6.92 Å². The molecule has 0 bridgehead atoms. The van der Waals surface area contributed by atoms with Gasteiger partial charge in [-0.1, -0.05) is 0 Å². The Morgan fingerprint density at radius 3 is 2.58 bits per heavy atom. The van der Waals surface area contributed by atoms with Gasteiger partial charge in [0.25, 0.3) is 0 Å². The highest BCUT2D eigenvalue weighted by Crippen LogP contribution is 2.22. The van der Waals surface area contributed by atoms with Crippen LogP contribution in [0.4, 0.5) is 0 Å². The van der Waals surface area contributed by atoms with Crippen molar-refractivity contribution in [3.63, 3.8) is 0 Å². The maximum absolute atomic E-state index is 11.6. The van der Waals surface area contributed by atoms with E-state index in [4.69, 9.17) is 4.74 Å². The summed E-state index contributed by atoms with van der Waals surface area (Å²) in [4.78, 5) is 25.1. The van der Waals surface area contributed by atoms with Crippen LogP contribution in [0.25, 0.3) is 0 Å². The fourth-order valence-electron chi connectivity index (χ4n) is 2.66. The summed E-state index contributed by atoms with van der Waals surface area (Å²) in [5.41, 5.74) is 0. The Morgan fingerprint density at radius 1 is 1.37 bits per heavy atom. The molecule has 1 heterocycles. The van der Waals surface area contributed by atoms with Crippen molar-refractivity contribution in [3.8, 4) is 0 Å². The molecule has 2 atom stereocenters. The minimum atomic E-state index is -0.139. The van der Waals surface area contributed by atoms with E-state index in [9.17, 15) is 9.59 Å². The lowest BCUT2D eigenvalue weighted by Gasteiger charge is -2.39. The van der Waals surface area contributed by atoms with Crippen molar-refractivity contribution in [1.82, 2.24) is 10.2 Å². The van der Waals surface area contributed by atoms with E-state index in [2.05, 4.69) is 24.1 Å². The molecule has 2 unspecified atom stereocenters. The SMILES string of the molecule is CCOC(=O)CC1CC(NC(C)=O)CN(C(C)C)C1. The first-order valence-corrected chi connectivity index (χ1v) is 7.09. The van der Waals surface area contributed by atoms with Crippen LogP contribution in [0.5, 0.6) is 0 Å². The number of rotatable bonds is 5. The van der Waals surface area contributed by atoms with Crippen LogP contribution in [0.1, 0.15) is 40.5 Å². The molecule has 1 N–H and O–H groups in total. The molecule has 1 aliphatic heterocycles. The van der Waals surface area contributed by atoms with Crippen molar-refractivity contribution in [3.05, 3.63) is 0 Å². The number of likely N-dealkylation sites (tertiary alicyclic amines) is 1. The molecule has 110 valence electrons. The second-order valence-electron chi connectivity index (χ2n) is 5.56. The van der Waals surface area contributed by atoms with Crippen molar-refractivity contribution < 1.29 is 14.3 Å². The van der Waals surface area contributed by atoms with Crippen molar-refractivity contribution in [2.24, 2.45) is 5.92 Å². The number of carbonyl (C=O) groups is 2. The minimum absolute atomic E-state index is 0.00880. The van der Waals surface area contributed by atoms with E-state index < -0.39 is 0 Å². The molecule has 5 heteroatoms. The van der Waals surface area contributed by atoms with Crippen LogP contribution >= 0.6 is 0 Å². The van der Waals surface area contributed by atoms with E-state index in [1.54, 1.807) is 0 Å². The molecule has 0 aliphatic carbocycles. The number of ether oxygens (including phenoxy) is 1. The minimum Gasteiger partial charge on any atom is -0.466 e. The second-order valence-corrected chi connectivity index (χ2v) is 5.56. The van der Waals surface area contributed by atoms with Gasteiger partial charge in [0.05, 0.1) is 6.61 Å². The molecule has 1 amide bonds. The van der Waals surface area contributed by atoms with Gasteiger partial charge in [-0.25, -0.2) is 0 Å². The Kier molecular flexibility index (Phi) is 6.28. The van der Waals surface area contributed by atoms with Crippen LogP contribution in [0, 0.1) is 5.92 Å². The van der Waals surface area contributed by atoms with Gasteiger partial charge >= 0.3 is 5.97 Å². The number of piperidine rings is 1. The largest absolute Gasteiger partial charge is 0.466 e. The van der Waals surface area contributed by atoms with Crippen LogP contribution in [-0.2, 0) is 14.3 Å². The number of carbonyl (C=O) groups excluding carboxylic acids is 2. The monoisotopic (exact) mass is 270 g/mol. The fraction of sp³-hybridized carbons (Fsp3) is 0.857. The maximum atomic E-state index is 11.6. The zero-order valence-electron chi connectivity index (χ0n) is 12.4. The number of nitrogens with zero attached hydrogens (tertiary/aromatic N) is 1. The Balaban J connectivity index is 2.59. The number of amides is 1. The lowest BCUT2D eigenvalue weighted by atomic mass is 9.90. The lowest BCUT2D eigenvalue weighted by molar-refractivity contribution is -0.144. The van der Waals surface area contributed by atoms with Crippen LogP contribution < -0.4 is 5.32 Å². The molecule has 19 heavy (non-hydrogen) atoms. The summed E-state index contributed by atoms with van der Waals surface area (Å²) >= 11 is 0. The zero-order valence-corrected chi connectivity index (χ0v) is 12.4. The number of hydrogen-bond acceptors (Lipinski definition) is 4. The Labute approximate surface area is 115 Å². The molecule has 0 aromatic rings. The van der Waals surface area contributed by atoms with E-state index in [1.807, 2.05) is 6.92 Å². The van der Waals surface area contributed by atoms with Crippen molar-refractivity contribution in [2.75, 3.05) is 19.7 Å². The normalized spacial score (nSPS) is 24.3. The molecule has 0 aromatic heterocycles. The first kappa shape index (κ1) is 16.0. The van der Waals surface area contributed by atoms with E-state index >= 15 is 0 Å². The average Bonchev–Trinajstić information content (AvgIpc) is 2.27. The van der Waals surface area contributed by atoms with Gasteiger partial charge in [0.2, 0.25) is 5.91 Å². The summed E-state index contributed by atoms with van der Waals surface area (Å²) in [7, 11) is 0. The van der Waals surface area contributed by atoms with Crippen LogP contribution in [0.2, 0.25) is 0 Å². The Bertz CT molecular complexity index is 318. The Morgan fingerprint density at radius 2 is 2.05 bits per heavy atom. The summed E-state index contributed by atoms with van der Waals surface area (Å²) in [6, 6.07) is 0.550. The summed E-state index contributed by atoms with van der Waals surface area (Å²) in [6.45, 7) is 9.81. The van der Waals surface area contributed by atoms with Crippen molar-refractivity contribution in [2.45, 2.75) is 52.6 Å². The third-order valence-electron chi connectivity index (χ3n) is 3.46. The third-order valence-corrected chi connectivity index (χ3v) is 3.46. The topological polar surface area (TPSA) is 58.6 Å². The predicted molar refractivity (Wildman–Crippen MR) is 73.7 cm³/mol. The quantitative estimate of drug-likeness (QED) is 0.762. The summed E-state index contributed by atoms with van der Waals surface area (Å²) < 4.78 is 5.01. The molecule has 1 saturated heterocycles. The van der Waals surface area contributed by atoms with E-state index in [0.29, 0.717) is 19.1 Å². The summed E-state index contributed by atoms with van der Waals surface area (Å²) in [5.74, 6) is 0.109. The van der Waals surface area contributed by atoms with Gasteiger partial charge in [-0.05, 0) is 33.1 Å². The lowest BCUT2D eigenvalue weighted by Crippen LogP contribution is -2.52. The first-order valence-electron chi connectivity index (χ1n) is 7.09. The van der Waals surface area contributed by atoms with E-state index in [0.717, 1.165) is 19.5 Å². The van der Waals surface area contributed by atoms with Crippen LogP contribution in [0.15, 0.2) is 0 Å². The van der Waals surface area contributed by atoms with Crippen molar-refractivity contribution in [1.29, 1.82) is 0 Å². The van der Waals surface area contributed by atoms with Gasteiger partial charge < -0.3 is 10.1 Å². The second kappa shape index (κ2) is 7.48. The number of nitrogens with one attached hydrogen (secondary N) is 1. The molecule has 5 nitrogen and oxygen atoms in total. The highest BCUT2D eigenvalue weighted by molar-refractivity contribution is 5.73. The first-order chi connectivity index (χ1) is 8.92. The van der Waals surface area contributed by atoms with E-state index in [-0.39, 0.29) is 23.8 Å².